The molecule has 0 aliphatic carbocycles. The Morgan fingerprint density at radius 1 is 1.47 bits per heavy atom. The monoisotopic (exact) mass is 225 g/mol. The van der Waals surface area contributed by atoms with Crippen LogP contribution in [-0.4, -0.2) is 22.4 Å². The summed E-state index contributed by atoms with van der Waals surface area (Å²) in [7, 11) is 0. The SMILES string of the molecule is O=C(O)c1cnc(F)cc1OC(F)(F)F. The normalized spacial score (nSPS) is 11.2. The van der Waals surface area contributed by atoms with E-state index in [0.29, 0.717) is 6.20 Å². The van der Waals surface area contributed by atoms with E-state index in [1.807, 2.05) is 0 Å². The minimum absolute atomic E-state index is 0.247. The van der Waals surface area contributed by atoms with Crippen molar-refractivity contribution in [3.05, 3.63) is 23.8 Å². The van der Waals surface area contributed by atoms with E-state index < -0.39 is 29.6 Å². The van der Waals surface area contributed by atoms with Crippen LogP contribution in [-0.2, 0) is 0 Å². The van der Waals surface area contributed by atoms with Crippen LogP contribution >= 0.6 is 0 Å². The Hall–Kier alpha value is -1.86. The van der Waals surface area contributed by atoms with E-state index in [1.165, 1.54) is 0 Å². The van der Waals surface area contributed by atoms with Crippen molar-refractivity contribution in [3.63, 3.8) is 0 Å². The van der Waals surface area contributed by atoms with Crippen LogP contribution in [0, 0.1) is 5.95 Å². The van der Waals surface area contributed by atoms with Gasteiger partial charge in [0.05, 0.1) is 0 Å². The predicted molar refractivity (Wildman–Crippen MR) is 37.8 cm³/mol. The van der Waals surface area contributed by atoms with Crippen molar-refractivity contribution < 1.29 is 32.2 Å². The van der Waals surface area contributed by atoms with Gasteiger partial charge in [-0.05, 0) is 0 Å². The van der Waals surface area contributed by atoms with Gasteiger partial charge < -0.3 is 9.84 Å². The number of pyridine rings is 1. The van der Waals surface area contributed by atoms with Crippen LogP contribution < -0.4 is 4.74 Å². The van der Waals surface area contributed by atoms with Crippen molar-refractivity contribution in [1.82, 2.24) is 4.98 Å². The fourth-order valence-electron chi connectivity index (χ4n) is 0.783. The van der Waals surface area contributed by atoms with Crippen molar-refractivity contribution in [2.45, 2.75) is 6.36 Å². The Morgan fingerprint density at radius 3 is 2.53 bits per heavy atom. The highest BCUT2D eigenvalue weighted by Crippen LogP contribution is 2.26. The zero-order valence-corrected chi connectivity index (χ0v) is 6.88. The molecule has 4 nitrogen and oxygen atoms in total. The Bertz CT molecular complexity index is 390. The minimum Gasteiger partial charge on any atom is -0.477 e. The lowest BCUT2D eigenvalue weighted by Gasteiger charge is -2.10. The molecule has 0 radical (unpaired) electrons. The maximum absolute atomic E-state index is 12.4. The zero-order valence-electron chi connectivity index (χ0n) is 6.88. The molecular formula is C7H3F4NO3. The van der Waals surface area contributed by atoms with Crippen molar-refractivity contribution in [2.24, 2.45) is 0 Å². The third kappa shape index (κ3) is 3.08. The second-order valence-electron chi connectivity index (χ2n) is 2.36. The summed E-state index contributed by atoms with van der Waals surface area (Å²) < 4.78 is 51.0. The van der Waals surface area contributed by atoms with Gasteiger partial charge in [-0.25, -0.2) is 9.78 Å². The van der Waals surface area contributed by atoms with Crippen LogP contribution in [0.15, 0.2) is 12.3 Å². The number of alkyl halides is 3. The fourth-order valence-corrected chi connectivity index (χ4v) is 0.783. The lowest BCUT2D eigenvalue weighted by atomic mass is 10.2. The molecule has 0 amide bonds. The molecule has 0 atom stereocenters. The molecule has 0 saturated carbocycles. The highest BCUT2D eigenvalue weighted by Gasteiger charge is 2.33. The lowest BCUT2D eigenvalue weighted by molar-refractivity contribution is -0.274. The molecule has 8 heteroatoms. The van der Waals surface area contributed by atoms with Gasteiger partial charge in [0.2, 0.25) is 5.95 Å². The van der Waals surface area contributed by atoms with E-state index in [0.717, 1.165) is 0 Å². The summed E-state index contributed by atoms with van der Waals surface area (Å²) in [5.41, 5.74) is -0.867. The first-order valence-corrected chi connectivity index (χ1v) is 3.44. The molecule has 1 aromatic rings. The van der Waals surface area contributed by atoms with Gasteiger partial charge in [0.1, 0.15) is 11.3 Å². The summed E-state index contributed by atoms with van der Waals surface area (Å²) in [5, 5.41) is 8.44. The number of carbonyl (C=O) groups is 1. The molecule has 1 heterocycles. The molecule has 0 spiro atoms. The van der Waals surface area contributed by atoms with E-state index in [2.05, 4.69) is 9.72 Å². The first kappa shape index (κ1) is 11.2. The molecular weight excluding hydrogens is 222 g/mol. The number of aromatic carboxylic acids is 1. The number of carboxylic acids is 1. The molecule has 1 N–H and O–H groups in total. The second-order valence-corrected chi connectivity index (χ2v) is 2.36. The summed E-state index contributed by atoms with van der Waals surface area (Å²) in [6.45, 7) is 0. The Morgan fingerprint density at radius 2 is 2.07 bits per heavy atom. The number of carboxylic acid groups (broad SMARTS) is 1. The molecule has 0 unspecified atom stereocenters. The summed E-state index contributed by atoms with van der Waals surface area (Å²) in [6, 6.07) is 0.247. The third-order valence-electron chi connectivity index (χ3n) is 1.29. The van der Waals surface area contributed by atoms with Gasteiger partial charge in [0.15, 0.2) is 0 Å². The number of hydrogen-bond acceptors (Lipinski definition) is 3. The summed E-state index contributed by atoms with van der Waals surface area (Å²) >= 11 is 0. The first-order chi connectivity index (χ1) is 6.79. The lowest BCUT2D eigenvalue weighted by Crippen LogP contribution is -2.19. The molecule has 1 rings (SSSR count). The average Bonchev–Trinajstić information content (AvgIpc) is 1.99. The quantitative estimate of drug-likeness (QED) is 0.616. The smallest absolute Gasteiger partial charge is 0.477 e. The van der Waals surface area contributed by atoms with Gasteiger partial charge in [-0.2, -0.15) is 4.39 Å². The van der Waals surface area contributed by atoms with Crippen molar-refractivity contribution in [1.29, 1.82) is 0 Å². The van der Waals surface area contributed by atoms with Crippen molar-refractivity contribution >= 4 is 5.97 Å². The molecule has 15 heavy (non-hydrogen) atoms. The predicted octanol–water partition coefficient (Wildman–Crippen LogP) is 1.82. The molecule has 0 aliphatic rings. The van der Waals surface area contributed by atoms with Gasteiger partial charge >= 0.3 is 12.3 Å². The summed E-state index contributed by atoms with van der Waals surface area (Å²) in [5.74, 6) is -4.09. The number of aromatic nitrogens is 1. The molecule has 0 aromatic carbocycles. The number of rotatable bonds is 2. The molecule has 0 saturated heterocycles. The van der Waals surface area contributed by atoms with E-state index in [-0.39, 0.29) is 6.07 Å². The zero-order chi connectivity index (χ0) is 11.6. The largest absolute Gasteiger partial charge is 0.573 e. The maximum Gasteiger partial charge on any atom is 0.573 e. The van der Waals surface area contributed by atoms with E-state index in [9.17, 15) is 22.4 Å². The number of hydrogen-bond donors (Lipinski definition) is 1. The standard InChI is InChI=1S/C7H3F4NO3/c8-5-1-4(15-7(9,10)11)3(2-12-5)6(13)14/h1-2H,(H,13,14). The van der Waals surface area contributed by atoms with Crippen molar-refractivity contribution in [3.8, 4) is 5.75 Å². The third-order valence-corrected chi connectivity index (χ3v) is 1.29. The van der Waals surface area contributed by atoms with E-state index in [4.69, 9.17) is 5.11 Å². The van der Waals surface area contributed by atoms with Gasteiger partial charge in [-0.1, -0.05) is 0 Å². The second kappa shape index (κ2) is 3.71. The topological polar surface area (TPSA) is 59.4 Å². The summed E-state index contributed by atoms with van der Waals surface area (Å²) in [4.78, 5) is 13.3. The van der Waals surface area contributed by atoms with Crippen LogP contribution in [0.5, 0.6) is 5.75 Å². The van der Waals surface area contributed by atoms with Crippen LogP contribution in [0.4, 0.5) is 17.6 Å². The minimum atomic E-state index is -5.09. The fraction of sp³-hybridized carbons (Fsp3) is 0.143. The summed E-state index contributed by atoms with van der Waals surface area (Å²) in [6.07, 6.45) is -4.64. The first-order valence-electron chi connectivity index (χ1n) is 3.44. The van der Waals surface area contributed by atoms with Gasteiger partial charge in [-0.3, -0.25) is 0 Å². The number of halogens is 4. The molecule has 0 bridgehead atoms. The van der Waals surface area contributed by atoms with Gasteiger partial charge in [0, 0.05) is 12.3 Å². The Kier molecular flexibility index (Phi) is 2.78. The van der Waals surface area contributed by atoms with Crippen LogP contribution in [0.25, 0.3) is 0 Å². The Balaban J connectivity index is 3.13. The van der Waals surface area contributed by atoms with Crippen molar-refractivity contribution in [2.75, 3.05) is 0 Å². The van der Waals surface area contributed by atoms with Crippen LogP contribution in [0.1, 0.15) is 10.4 Å². The van der Waals surface area contributed by atoms with Crippen LogP contribution in [0.3, 0.4) is 0 Å². The van der Waals surface area contributed by atoms with Gasteiger partial charge in [0.25, 0.3) is 0 Å². The average molecular weight is 225 g/mol. The Labute approximate surface area is 80.1 Å². The number of nitrogens with zero attached hydrogens (tertiary/aromatic N) is 1. The van der Waals surface area contributed by atoms with E-state index in [1.54, 1.807) is 0 Å². The maximum atomic E-state index is 12.4. The van der Waals surface area contributed by atoms with E-state index >= 15 is 0 Å². The number of ether oxygens (including phenoxy) is 1. The molecule has 1 aromatic heterocycles. The van der Waals surface area contributed by atoms with Gasteiger partial charge in [-0.15, -0.1) is 13.2 Å². The van der Waals surface area contributed by atoms with Crippen LogP contribution in [0.2, 0.25) is 0 Å². The molecule has 0 aliphatic heterocycles. The molecule has 0 fully saturated rings. The highest BCUT2D eigenvalue weighted by molar-refractivity contribution is 5.90. The highest BCUT2D eigenvalue weighted by atomic mass is 19.4. The molecule has 82 valence electrons.